The number of ether oxygens (including phenoxy) is 2. The molecule has 0 bridgehead atoms. The summed E-state index contributed by atoms with van der Waals surface area (Å²) in [7, 11) is 0. The molecule has 0 radical (unpaired) electrons. The van der Waals surface area contributed by atoms with E-state index in [1.807, 2.05) is 0 Å². The fraction of sp³-hybridized carbons (Fsp3) is 0.900. The summed E-state index contributed by atoms with van der Waals surface area (Å²) in [6.07, 6.45) is 4.49. The summed E-state index contributed by atoms with van der Waals surface area (Å²) in [6.45, 7) is 1.57. The van der Waals surface area contributed by atoms with Gasteiger partial charge in [0.15, 0.2) is 6.29 Å². The summed E-state index contributed by atoms with van der Waals surface area (Å²) >= 11 is 0. The number of carbonyl (C=O) groups is 1. The van der Waals surface area contributed by atoms with E-state index in [0.717, 1.165) is 45.3 Å². The first-order valence-electron chi connectivity index (χ1n) is 5.12. The minimum Gasteiger partial charge on any atom is -0.353 e. The van der Waals surface area contributed by atoms with Crippen molar-refractivity contribution in [2.45, 2.75) is 38.4 Å². The third kappa shape index (κ3) is 2.29. The molecule has 2 aliphatic rings. The highest BCUT2D eigenvalue weighted by Gasteiger charge is 2.28. The lowest BCUT2D eigenvalue weighted by molar-refractivity contribution is -0.186. The van der Waals surface area contributed by atoms with Crippen LogP contribution in [-0.4, -0.2) is 25.3 Å². The van der Waals surface area contributed by atoms with E-state index in [9.17, 15) is 4.79 Å². The highest BCUT2D eigenvalue weighted by atomic mass is 16.7. The van der Waals surface area contributed by atoms with Gasteiger partial charge in [-0.05, 0) is 19.3 Å². The predicted molar refractivity (Wildman–Crippen MR) is 47.3 cm³/mol. The number of carbonyl (C=O) groups excluding carboxylic acids is 1. The van der Waals surface area contributed by atoms with Crippen molar-refractivity contribution < 1.29 is 14.3 Å². The standard InChI is InChI=1S/C10H16O3/c11-9-4-1-3-8(9)7-10-12-5-2-6-13-10/h8,10H,1-7H2. The molecule has 0 aromatic carbocycles. The Bertz CT molecular complexity index is 185. The molecule has 0 spiro atoms. The number of hydrogen-bond donors (Lipinski definition) is 0. The van der Waals surface area contributed by atoms with Crippen LogP contribution in [0.3, 0.4) is 0 Å². The minimum absolute atomic E-state index is 0.110. The SMILES string of the molecule is O=C1CCCC1CC1OCCCO1. The third-order valence-electron chi connectivity index (χ3n) is 2.80. The van der Waals surface area contributed by atoms with Crippen molar-refractivity contribution >= 4 is 5.78 Å². The number of Topliss-reactive ketones (excluding diaryl/α,β-unsaturated/α-hetero) is 1. The van der Waals surface area contributed by atoms with Gasteiger partial charge in [-0.15, -0.1) is 0 Å². The molecule has 0 aromatic heterocycles. The van der Waals surface area contributed by atoms with Gasteiger partial charge in [0.1, 0.15) is 5.78 Å². The molecular weight excluding hydrogens is 168 g/mol. The highest BCUT2D eigenvalue weighted by Crippen LogP contribution is 2.27. The van der Waals surface area contributed by atoms with Crippen LogP contribution in [0.5, 0.6) is 0 Å². The van der Waals surface area contributed by atoms with Crippen LogP contribution in [0.1, 0.15) is 32.1 Å². The van der Waals surface area contributed by atoms with Crippen molar-refractivity contribution in [3.05, 3.63) is 0 Å². The van der Waals surface area contributed by atoms with Gasteiger partial charge in [-0.25, -0.2) is 0 Å². The fourth-order valence-corrected chi connectivity index (χ4v) is 2.04. The molecule has 0 N–H and O–H groups in total. The first-order chi connectivity index (χ1) is 6.36. The average Bonchev–Trinajstić information content (AvgIpc) is 2.54. The summed E-state index contributed by atoms with van der Waals surface area (Å²) in [5.74, 6) is 0.612. The van der Waals surface area contributed by atoms with Crippen LogP contribution < -0.4 is 0 Å². The van der Waals surface area contributed by atoms with E-state index in [0.29, 0.717) is 5.78 Å². The van der Waals surface area contributed by atoms with E-state index < -0.39 is 0 Å². The van der Waals surface area contributed by atoms with Crippen molar-refractivity contribution in [2.75, 3.05) is 13.2 Å². The molecule has 3 heteroatoms. The zero-order valence-electron chi connectivity index (χ0n) is 7.83. The largest absolute Gasteiger partial charge is 0.353 e. The Labute approximate surface area is 78.4 Å². The molecule has 2 rings (SSSR count). The Morgan fingerprint density at radius 3 is 2.62 bits per heavy atom. The van der Waals surface area contributed by atoms with E-state index in [-0.39, 0.29) is 12.2 Å². The van der Waals surface area contributed by atoms with Crippen LogP contribution in [0.25, 0.3) is 0 Å². The molecule has 1 aliphatic heterocycles. The third-order valence-corrected chi connectivity index (χ3v) is 2.80. The van der Waals surface area contributed by atoms with Crippen molar-refractivity contribution in [3.63, 3.8) is 0 Å². The van der Waals surface area contributed by atoms with E-state index >= 15 is 0 Å². The zero-order chi connectivity index (χ0) is 9.10. The van der Waals surface area contributed by atoms with Gasteiger partial charge in [-0.2, -0.15) is 0 Å². The van der Waals surface area contributed by atoms with Gasteiger partial charge >= 0.3 is 0 Å². The predicted octanol–water partition coefficient (Wildman–Crippen LogP) is 1.51. The molecule has 0 amide bonds. The molecule has 1 unspecified atom stereocenters. The Hall–Kier alpha value is -0.410. The summed E-state index contributed by atoms with van der Waals surface area (Å²) < 4.78 is 10.8. The topological polar surface area (TPSA) is 35.5 Å². The van der Waals surface area contributed by atoms with Gasteiger partial charge in [0.05, 0.1) is 13.2 Å². The van der Waals surface area contributed by atoms with Crippen LogP contribution in [0.4, 0.5) is 0 Å². The molecule has 74 valence electrons. The van der Waals surface area contributed by atoms with Gasteiger partial charge in [-0.3, -0.25) is 4.79 Å². The maximum atomic E-state index is 11.3. The number of rotatable bonds is 2. The lowest BCUT2D eigenvalue weighted by Gasteiger charge is -2.24. The molecule has 2 fully saturated rings. The van der Waals surface area contributed by atoms with Gasteiger partial charge in [0.25, 0.3) is 0 Å². The normalized spacial score (nSPS) is 31.1. The van der Waals surface area contributed by atoms with E-state index in [1.54, 1.807) is 0 Å². The minimum atomic E-state index is -0.110. The second kappa shape index (κ2) is 4.20. The summed E-state index contributed by atoms with van der Waals surface area (Å²) in [4.78, 5) is 11.3. The molecule has 1 aliphatic carbocycles. The zero-order valence-corrected chi connectivity index (χ0v) is 7.83. The smallest absolute Gasteiger partial charge is 0.158 e. The van der Waals surface area contributed by atoms with Crippen molar-refractivity contribution in [1.29, 1.82) is 0 Å². The fourth-order valence-electron chi connectivity index (χ4n) is 2.04. The van der Waals surface area contributed by atoms with Gasteiger partial charge in [0.2, 0.25) is 0 Å². The number of hydrogen-bond acceptors (Lipinski definition) is 3. The summed E-state index contributed by atoms with van der Waals surface area (Å²) in [6, 6.07) is 0. The lowest BCUT2D eigenvalue weighted by Crippen LogP contribution is -2.28. The highest BCUT2D eigenvalue weighted by molar-refractivity contribution is 5.82. The van der Waals surface area contributed by atoms with Crippen LogP contribution >= 0.6 is 0 Å². The van der Waals surface area contributed by atoms with Gasteiger partial charge in [0, 0.05) is 18.8 Å². The molecule has 13 heavy (non-hydrogen) atoms. The Balaban J connectivity index is 1.79. The van der Waals surface area contributed by atoms with E-state index in [4.69, 9.17) is 9.47 Å². The molecule has 1 heterocycles. The average molecular weight is 184 g/mol. The van der Waals surface area contributed by atoms with Crippen molar-refractivity contribution in [1.82, 2.24) is 0 Å². The van der Waals surface area contributed by atoms with Crippen LogP contribution in [0.15, 0.2) is 0 Å². The van der Waals surface area contributed by atoms with E-state index in [1.165, 1.54) is 0 Å². The second-order valence-corrected chi connectivity index (χ2v) is 3.82. The quantitative estimate of drug-likeness (QED) is 0.652. The first kappa shape index (κ1) is 9.16. The van der Waals surface area contributed by atoms with Crippen molar-refractivity contribution in [2.24, 2.45) is 5.92 Å². The number of ketones is 1. The first-order valence-corrected chi connectivity index (χ1v) is 5.12. The monoisotopic (exact) mass is 184 g/mol. The summed E-state index contributed by atoms with van der Waals surface area (Å²) in [5, 5.41) is 0. The van der Waals surface area contributed by atoms with Crippen LogP contribution in [-0.2, 0) is 14.3 Å². The maximum Gasteiger partial charge on any atom is 0.158 e. The molecular formula is C10H16O3. The molecule has 3 nitrogen and oxygen atoms in total. The van der Waals surface area contributed by atoms with Crippen LogP contribution in [0.2, 0.25) is 0 Å². The van der Waals surface area contributed by atoms with Gasteiger partial charge < -0.3 is 9.47 Å². The second-order valence-electron chi connectivity index (χ2n) is 3.82. The molecule has 0 aromatic rings. The van der Waals surface area contributed by atoms with Crippen molar-refractivity contribution in [3.8, 4) is 0 Å². The lowest BCUT2D eigenvalue weighted by atomic mass is 10.0. The Morgan fingerprint density at radius 1 is 1.23 bits per heavy atom. The van der Waals surface area contributed by atoms with Gasteiger partial charge in [-0.1, -0.05) is 0 Å². The van der Waals surface area contributed by atoms with Crippen LogP contribution in [0, 0.1) is 5.92 Å². The molecule has 1 saturated heterocycles. The Kier molecular flexibility index (Phi) is 2.96. The maximum absolute atomic E-state index is 11.3. The molecule has 1 atom stereocenters. The Morgan fingerprint density at radius 2 is 2.00 bits per heavy atom. The van der Waals surface area contributed by atoms with E-state index in [2.05, 4.69) is 0 Å². The molecule has 1 saturated carbocycles. The summed E-state index contributed by atoms with van der Waals surface area (Å²) in [5.41, 5.74) is 0.